The van der Waals surface area contributed by atoms with Crippen LogP contribution < -0.4 is 0 Å². The number of carbonyl (C=O) groups excluding carboxylic acids is 1. The van der Waals surface area contributed by atoms with Crippen LogP contribution in [0, 0.1) is 17.5 Å². The number of halogens is 5. The summed E-state index contributed by atoms with van der Waals surface area (Å²) in [5.74, 6) is -6.86. The fourth-order valence-electron chi connectivity index (χ4n) is 2.31. The van der Waals surface area contributed by atoms with Crippen molar-refractivity contribution < 1.29 is 41.9 Å². The number of hydrogen-bond donors (Lipinski definition) is 2. The molecule has 2 amide bonds. The van der Waals surface area contributed by atoms with E-state index in [2.05, 4.69) is 0 Å². The molecule has 0 bridgehead atoms. The summed E-state index contributed by atoms with van der Waals surface area (Å²) in [4.78, 5) is 22.4. The summed E-state index contributed by atoms with van der Waals surface area (Å²) < 4.78 is 69.2. The van der Waals surface area contributed by atoms with Crippen LogP contribution in [0.25, 0.3) is 0 Å². The van der Waals surface area contributed by atoms with Crippen molar-refractivity contribution in [2.24, 2.45) is 0 Å². The Morgan fingerprint density at radius 3 is 2.07 bits per heavy atom. The lowest BCUT2D eigenvalue weighted by Crippen LogP contribution is -2.43. The minimum atomic E-state index is -4.52. The third kappa shape index (κ3) is 4.03. The van der Waals surface area contributed by atoms with Crippen LogP contribution in [0.4, 0.5) is 26.7 Å². The van der Waals surface area contributed by atoms with Gasteiger partial charge in [0.2, 0.25) is 0 Å². The first-order valence-corrected chi connectivity index (χ1v) is 7.55. The van der Waals surface area contributed by atoms with Crippen molar-refractivity contribution in [3.63, 3.8) is 0 Å². The van der Waals surface area contributed by atoms with E-state index in [0.29, 0.717) is 5.06 Å². The van der Waals surface area contributed by atoms with Gasteiger partial charge in [-0.2, -0.15) is 8.78 Å². The minimum absolute atomic E-state index is 0.00552. The fraction of sp³-hybridized carbons (Fsp3) is 0.176. The molecule has 0 spiro atoms. The van der Waals surface area contributed by atoms with E-state index in [1.54, 1.807) is 0 Å². The van der Waals surface area contributed by atoms with E-state index in [-0.39, 0.29) is 23.3 Å². The summed E-state index contributed by atoms with van der Waals surface area (Å²) in [6.07, 6.45) is -2.15. The summed E-state index contributed by atoms with van der Waals surface area (Å²) >= 11 is 0. The van der Waals surface area contributed by atoms with Crippen LogP contribution in [0.3, 0.4) is 0 Å². The second kappa shape index (κ2) is 7.80. The van der Waals surface area contributed by atoms with Gasteiger partial charge in [-0.3, -0.25) is 10.0 Å². The molecule has 2 rings (SSSR count). The Balaban J connectivity index is 2.36. The Morgan fingerprint density at radius 1 is 1.00 bits per heavy atom. The van der Waals surface area contributed by atoms with Gasteiger partial charge in [-0.1, -0.05) is 12.1 Å². The summed E-state index contributed by atoms with van der Waals surface area (Å²) in [5.41, 5.74) is -1.67. The van der Waals surface area contributed by atoms with Crippen molar-refractivity contribution in [3.8, 4) is 0 Å². The first-order chi connectivity index (χ1) is 13.0. The number of alkyl halides is 2. The van der Waals surface area contributed by atoms with Crippen LogP contribution in [-0.2, 0) is 12.6 Å². The number of hydrogen-bond acceptors (Lipinski definition) is 3. The Hall–Kier alpha value is -3.21. The van der Waals surface area contributed by atoms with E-state index in [1.165, 1.54) is 0 Å². The van der Waals surface area contributed by atoms with E-state index in [9.17, 15) is 31.5 Å². The van der Waals surface area contributed by atoms with E-state index < -0.39 is 52.5 Å². The number of carbonyl (C=O) groups is 2. The number of benzene rings is 2. The SMILES string of the molecule is CN(O)C(=O)c1ccc(CN(C(=O)O)C(F)(F)c2ccc(F)c(F)c2F)cc1. The van der Waals surface area contributed by atoms with E-state index in [1.807, 2.05) is 0 Å². The molecular formula is C17H13F5N2O4. The van der Waals surface area contributed by atoms with Crippen LogP contribution in [0.5, 0.6) is 0 Å². The van der Waals surface area contributed by atoms with Crippen LogP contribution in [-0.4, -0.2) is 39.3 Å². The quantitative estimate of drug-likeness (QED) is 0.261. The van der Waals surface area contributed by atoms with Gasteiger partial charge in [0.25, 0.3) is 5.91 Å². The van der Waals surface area contributed by atoms with Crippen molar-refractivity contribution in [1.29, 1.82) is 0 Å². The highest BCUT2D eigenvalue weighted by atomic mass is 19.3. The van der Waals surface area contributed by atoms with Gasteiger partial charge in [0.15, 0.2) is 17.5 Å². The smallest absolute Gasteiger partial charge is 0.412 e. The first-order valence-electron chi connectivity index (χ1n) is 7.55. The zero-order valence-corrected chi connectivity index (χ0v) is 14.2. The maximum Gasteiger partial charge on any atom is 0.412 e. The zero-order chi connectivity index (χ0) is 21.2. The molecule has 0 radical (unpaired) electrons. The fourth-order valence-corrected chi connectivity index (χ4v) is 2.31. The molecule has 2 aromatic rings. The molecule has 150 valence electrons. The normalized spacial score (nSPS) is 11.2. The zero-order valence-electron chi connectivity index (χ0n) is 14.2. The summed E-state index contributed by atoms with van der Waals surface area (Å²) in [6, 6.07) is 0.580. The van der Waals surface area contributed by atoms with Gasteiger partial charge in [-0.15, -0.1) is 0 Å². The highest BCUT2D eigenvalue weighted by Crippen LogP contribution is 2.36. The molecule has 2 aromatic carbocycles. The molecule has 0 aliphatic carbocycles. The molecule has 6 nitrogen and oxygen atoms in total. The standard InChI is InChI=1S/C17H13F5N2O4/c1-23(28)15(25)10-4-2-9(3-5-10)8-24(16(26)27)17(21,22)11-6-7-12(18)14(20)13(11)19/h2-7,28H,8H2,1H3,(H,26,27). The topological polar surface area (TPSA) is 81.1 Å². The van der Waals surface area contributed by atoms with Crippen LogP contribution in [0.15, 0.2) is 36.4 Å². The Morgan fingerprint density at radius 2 is 1.57 bits per heavy atom. The van der Waals surface area contributed by atoms with Crippen LogP contribution in [0.2, 0.25) is 0 Å². The molecular weight excluding hydrogens is 391 g/mol. The average molecular weight is 404 g/mol. The molecule has 0 aliphatic heterocycles. The molecule has 0 aliphatic rings. The van der Waals surface area contributed by atoms with Gasteiger partial charge in [0.1, 0.15) is 0 Å². The van der Waals surface area contributed by atoms with Gasteiger partial charge in [-0.25, -0.2) is 27.9 Å². The van der Waals surface area contributed by atoms with Gasteiger partial charge in [0.05, 0.1) is 12.1 Å². The third-order valence-electron chi connectivity index (χ3n) is 3.76. The number of carboxylic acid groups (broad SMARTS) is 1. The number of hydroxylamine groups is 2. The van der Waals surface area contributed by atoms with Crippen molar-refractivity contribution in [2.75, 3.05) is 7.05 Å². The number of rotatable bonds is 5. The molecule has 0 fully saturated rings. The van der Waals surface area contributed by atoms with Gasteiger partial charge < -0.3 is 5.11 Å². The highest BCUT2D eigenvalue weighted by Gasteiger charge is 2.45. The summed E-state index contributed by atoms with van der Waals surface area (Å²) in [6.45, 7) is -0.954. The predicted molar refractivity (Wildman–Crippen MR) is 84.1 cm³/mol. The molecule has 0 saturated carbocycles. The van der Waals surface area contributed by atoms with Crippen LogP contribution >= 0.6 is 0 Å². The van der Waals surface area contributed by atoms with Crippen molar-refractivity contribution >= 4 is 12.0 Å². The second-order valence-electron chi connectivity index (χ2n) is 5.66. The first kappa shape index (κ1) is 21.1. The molecule has 0 heterocycles. The molecule has 11 heteroatoms. The molecule has 28 heavy (non-hydrogen) atoms. The van der Waals surface area contributed by atoms with Gasteiger partial charge >= 0.3 is 12.1 Å². The maximum absolute atomic E-state index is 14.6. The van der Waals surface area contributed by atoms with Crippen molar-refractivity contribution in [2.45, 2.75) is 12.6 Å². The number of amides is 2. The Labute approximate surface area is 155 Å². The summed E-state index contributed by atoms with van der Waals surface area (Å²) in [7, 11) is 1.07. The Kier molecular flexibility index (Phi) is 5.88. The van der Waals surface area contributed by atoms with Crippen molar-refractivity contribution in [3.05, 3.63) is 70.5 Å². The van der Waals surface area contributed by atoms with Gasteiger partial charge in [-0.05, 0) is 29.8 Å². The molecule has 0 saturated heterocycles. The summed E-state index contributed by atoms with van der Waals surface area (Å²) in [5, 5.41) is 18.5. The molecule has 0 unspecified atom stereocenters. The average Bonchev–Trinajstić information content (AvgIpc) is 2.63. The van der Waals surface area contributed by atoms with Gasteiger partial charge in [0, 0.05) is 12.6 Å². The monoisotopic (exact) mass is 404 g/mol. The molecule has 0 atom stereocenters. The number of nitrogens with zero attached hydrogens (tertiary/aromatic N) is 2. The lowest BCUT2D eigenvalue weighted by molar-refractivity contribution is -0.143. The predicted octanol–water partition coefficient (Wildman–Crippen LogP) is 3.79. The lowest BCUT2D eigenvalue weighted by atomic mass is 10.1. The lowest BCUT2D eigenvalue weighted by Gasteiger charge is -2.29. The second-order valence-corrected chi connectivity index (χ2v) is 5.66. The third-order valence-corrected chi connectivity index (χ3v) is 3.76. The van der Waals surface area contributed by atoms with E-state index >= 15 is 0 Å². The molecule has 2 N–H and O–H groups in total. The van der Waals surface area contributed by atoms with E-state index in [4.69, 9.17) is 10.3 Å². The minimum Gasteiger partial charge on any atom is -0.465 e. The Bertz CT molecular complexity index is 903. The van der Waals surface area contributed by atoms with Crippen LogP contribution in [0.1, 0.15) is 21.5 Å². The van der Waals surface area contributed by atoms with E-state index in [0.717, 1.165) is 31.3 Å². The molecule has 0 aromatic heterocycles. The highest BCUT2D eigenvalue weighted by molar-refractivity contribution is 5.93. The maximum atomic E-state index is 14.6. The largest absolute Gasteiger partial charge is 0.465 e. The van der Waals surface area contributed by atoms with Crippen molar-refractivity contribution in [1.82, 2.24) is 9.96 Å².